The monoisotopic (exact) mass is 881 g/mol. The van der Waals surface area contributed by atoms with E-state index in [4.69, 9.17) is 9.15 Å². The Kier molecular flexibility index (Phi) is 22.2. The third-order valence-corrected chi connectivity index (χ3v) is 9.24. The Morgan fingerprint density at radius 3 is 1.39 bits per heavy atom. The molecule has 1 aromatic heterocycles. The quantitative estimate of drug-likeness (QED) is 0.0740. The van der Waals surface area contributed by atoms with Gasteiger partial charge < -0.3 is 14.1 Å². The fourth-order valence-electron chi connectivity index (χ4n) is 5.98. The van der Waals surface area contributed by atoms with Crippen LogP contribution in [0.2, 0.25) is 0 Å². The summed E-state index contributed by atoms with van der Waals surface area (Å²) in [5.74, 6) is 3.50. The van der Waals surface area contributed by atoms with Crippen molar-refractivity contribution in [1.29, 1.82) is 0 Å². The highest BCUT2D eigenvalue weighted by molar-refractivity contribution is 6.33. The van der Waals surface area contributed by atoms with E-state index >= 15 is 0 Å². The Morgan fingerprint density at radius 2 is 0.922 bits per heavy atom. The zero-order valence-electron chi connectivity index (χ0n) is 36.6. The van der Waals surface area contributed by atoms with Gasteiger partial charge >= 0.3 is 26.6 Å². The predicted molar refractivity (Wildman–Crippen MR) is 246 cm³/mol. The van der Waals surface area contributed by atoms with Gasteiger partial charge in [-0.05, 0) is 92.5 Å². The van der Waals surface area contributed by atoms with E-state index in [0.717, 1.165) is 45.3 Å². The lowest BCUT2D eigenvalue weighted by atomic mass is 9.99. The van der Waals surface area contributed by atoms with Crippen LogP contribution in [0.15, 0.2) is 186 Å². The summed E-state index contributed by atoms with van der Waals surface area (Å²) in [4.78, 5) is 0. The van der Waals surface area contributed by atoms with E-state index in [1.54, 1.807) is 0 Å². The van der Waals surface area contributed by atoms with Crippen LogP contribution in [0, 0.1) is 34.6 Å². The van der Waals surface area contributed by atoms with Crippen molar-refractivity contribution in [1.82, 2.24) is 0 Å². The van der Waals surface area contributed by atoms with Gasteiger partial charge in [0, 0.05) is 29.3 Å². The van der Waals surface area contributed by atoms with Gasteiger partial charge in [-0.2, -0.15) is 0 Å². The minimum Gasteiger partial charge on any atom is -1.00 e. The highest BCUT2D eigenvalue weighted by atomic mass is 19.4. The van der Waals surface area contributed by atoms with Crippen molar-refractivity contribution in [3.05, 3.63) is 220 Å². The molecule has 0 atom stereocenters. The molecule has 4 aromatic carbocycles. The topological polar surface area (TPSA) is 23.5 Å². The molecule has 3 nitrogen and oxygen atoms in total. The van der Waals surface area contributed by atoms with Crippen LogP contribution in [0.4, 0.5) is 25.9 Å². The number of nitrogens with zero attached hydrogens (tertiary/aromatic N) is 1. The van der Waals surface area contributed by atoms with Gasteiger partial charge in [-0.3, -0.25) is 25.9 Å². The maximum atomic E-state index is 9.67. The summed E-state index contributed by atoms with van der Waals surface area (Å²) in [5.41, 5.74) is 14.3. The lowest BCUT2D eigenvalue weighted by Crippen LogP contribution is -3.00. The van der Waals surface area contributed by atoms with Crippen molar-refractivity contribution in [2.45, 2.75) is 34.6 Å². The first-order chi connectivity index (χ1) is 29.6. The third-order valence-electron chi connectivity index (χ3n) is 9.24. The molecule has 2 heterocycles. The molecule has 0 spiro atoms. The van der Waals surface area contributed by atoms with Gasteiger partial charge in [0.25, 0.3) is 0 Å². The highest BCUT2D eigenvalue weighted by Gasteiger charge is 2.17. The summed E-state index contributed by atoms with van der Waals surface area (Å²) in [6.45, 7) is 10.4. The van der Waals surface area contributed by atoms with Crippen LogP contribution < -0.4 is 9.41 Å². The maximum Gasteiger partial charge on any atom is 0.762 e. The van der Waals surface area contributed by atoms with Gasteiger partial charge in [-0.25, -0.2) is 8.99 Å². The van der Waals surface area contributed by atoms with Crippen LogP contribution in [-0.2, 0) is 4.74 Å². The van der Waals surface area contributed by atoms with Gasteiger partial charge in [0.1, 0.15) is 25.6 Å². The zero-order chi connectivity index (χ0) is 45.2. The van der Waals surface area contributed by atoms with Crippen LogP contribution in [0.3, 0.4) is 0 Å². The molecule has 0 fully saturated rings. The molecular weight excluding hydrogens is 832 g/mol. The maximum absolute atomic E-state index is 9.67. The van der Waals surface area contributed by atoms with E-state index in [9.17, 15) is 25.9 Å². The zero-order valence-corrected chi connectivity index (χ0v) is 36.6. The highest BCUT2D eigenvalue weighted by Crippen LogP contribution is 2.32. The van der Waals surface area contributed by atoms with Crippen LogP contribution in [0.5, 0.6) is 0 Å². The van der Waals surface area contributed by atoms with Crippen molar-refractivity contribution in [2.24, 2.45) is 0 Å². The summed E-state index contributed by atoms with van der Waals surface area (Å²) in [6, 6.07) is 38.3. The summed E-state index contributed by atoms with van der Waals surface area (Å²) >= 11 is 0. The number of benzene rings is 4. The molecule has 13 heteroatoms. The van der Waals surface area contributed by atoms with E-state index in [0.29, 0.717) is 0 Å². The Labute approximate surface area is 371 Å². The van der Waals surface area contributed by atoms with Gasteiger partial charge in [0.05, 0.1) is 18.6 Å². The Balaban J connectivity index is 0.000000389. The first-order valence-corrected chi connectivity index (χ1v) is 19.7. The number of halogens is 8. The van der Waals surface area contributed by atoms with Crippen LogP contribution in [0.1, 0.15) is 39.1 Å². The Morgan fingerprint density at radius 1 is 0.500 bits per heavy atom. The van der Waals surface area contributed by atoms with Crippen LogP contribution in [0.25, 0.3) is 33.8 Å². The van der Waals surface area contributed by atoms with Crippen molar-refractivity contribution in [3.8, 4) is 22.5 Å². The summed E-state index contributed by atoms with van der Waals surface area (Å²) in [5, 5.41) is 0. The summed E-state index contributed by atoms with van der Waals surface area (Å²) in [6.07, 6.45) is 20.9. The fraction of sp³-hybridized carbons (Fsp3) is 0.137. The molecule has 0 amide bonds. The van der Waals surface area contributed by atoms with E-state index in [2.05, 4.69) is 184 Å². The number of hydrogen-bond acceptors (Lipinski definition) is 1. The first kappa shape index (κ1) is 53.4. The molecule has 0 saturated heterocycles. The van der Waals surface area contributed by atoms with Crippen molar-refractivity contribution >= 4 is 32.1 Å². The lowest BCUT2D eigenvalue weighted by molar-refractivity contribution is -0.462. The summed E-state index contributed by atoms with van der Waals surface area (Å²) < 4.78 is 72.2. The molecule has 0 unspecified atom stereocenters. The Bertz CT molecular complexity index is 2410. The Hall–Kier alpha value is -6.75. The SMILES string of the molecule is Cc1ccc(-c2cc(C)[o+]c(-c3ccc(C)cc3)c2)cc1.Cc1ccc(C2=CC(=CC=CC=C3C=CC(=[N+](C)C)C=C3)OC(c3ccc(C)cc3)=C2)cc1.FB(F)F.FB(F)F.[F-].[F-]. The molecule has 0 bridgehead atoms. The second-order valence-electron chi connectivity index (χ2n) is 14.6. The average Bonchev–Trinajstić information content (AvgIpc) is 3.23. The largest absolute Gasteiger partial charge is 1.00 e. The second kappa shape index (κ2) is 26.7. The van der Waals surface area contributed by atoms with E-state index in [1.807, 2.05) is 39.2 Å². The van der Waals surface area contributed by atoms with Crippen molar-refractivity contribution < 1.29 is 49.0 Å². The van der Waals surface area contributed by atoms with E-state index in [1.165, 1.54) is 44.7 Å². The molecule has 2 aliphatic rings. The molecule has 0 N–H and O–H groups in total. The van der Waals surface area contributed by atoms with E-state index < -0.39 is 15.1 Å². The number of ether oxygens (including phenoxy) is 1. The minimum atomic E-state index is -3.67. The minimum absolute atomic E-state index is 0. The molecule has 332 valence electrons. The van der Waals surface area contributed by atoms with E-state index in [-0.39, 0.29) is 9.41 Å². The molecule has 5 aromatic rings. The number of hydrogen-bond donors (Lipinski definition) is 0. The standard InChI is InChI=1S/C31H30NO.C20H19O.2BF3.2FH/c1-23-9-15-26(16-10-23)28-21-30(33-31(22-28)27-17-11-24(2)12-18-27)8-6-5-7-25-13-19-29(20-14-25)32(3)4;1-14-4-8-17(9-5-14)19-12-16(3)21-20(13-19)18-10-6-15(2)7-11-18;2*2-1(3)4;;/h5-22H,1-4H3;4-13H,1-3H3;;;2*1H/q2*+1;;;;/p-2. The molecule has 0 radical (unpaired) electrons. The first-order valence-electron chi connectivity index (χ1n) is 19.7. The molecule has 7 rings (SSSR count). The average molecular weight is 882 g/mol. The number of rotatable bonds is 6. The molecule has 0 saturated carbocycles. The molecule has 1 aliphatic carbocycles. The second-order valence-corrected chi connectivity index (χ2v) is 14.6. The van der Waals surface area contributed by atoms with Gasteiger partial charge in [0.15, 0.2) is 5.71 Å². The number of aryl methyl sites for hydroxylation is 5. The molecule has 64 heavy (non-hydrogen) atoms. The van der Waals surface area contributed by atoms with Crippen LogP contribution >= 0.6 is 0 Å². The lowest BCUT2D eigenvalue weighted by Gasteiger charge is -2.18. The third kappa shape index (κ3) is 18.3. The van der Waals surface area contributed by atoms with Gasteiger partial charge in [-0.1, -0.05) is 125 Å². The van der Waals surface area contributed by atoms with Gasteiger partial charge in [-0.15, -0.1) is 0 Å². The molecule has 1 aliphatic heterocycles. The normalized spacial score (nSPS) is 12.9. The fourth-order valence-corrected chi connectivity index (χ4v) is 5.98. The van der Waals surface area contributed by atoms with Crippen molar-refractivity contribution in [2.75, 3.05) is 14.1 Å². The smallest absolute Gasteiger partial charge is 0.762 e. The number of allylic oxidation sites excluding steroid dienone is 12. The van der Waals surface area contributed by atoms with Gasteiger partial charge in [0.2, 0.25) is 0 Å². The predicted octanol–water partition coefficient (Wildman–Crippen LogP) is 8.55. The van der Waals surface area contributed by atoms with Crippen LogP contribution in [-0.4, -0.2) is 39.5 Å². The van der Waals surface area contributed by atoms with Crippen molar-refractivity contribution in [3.63, 3.8) is 0 Å². The molecular formula is C51H49B2F8NO2. The summed E-state index contributed by atoms with van der Waals surface area (Å²) in [7, 11) is -3.24.